The number of anilines is 1. The van der Waals surface area contributed by atoms with E-state index in [1.807, 2.05) is 12.1 Å². The first kappa shape index (κ1) is 11.6. The Hall–Kier alpha value is -1.53. The molecular formula is C15H19N3. The van der Waals surface area contributed by atoms with E-state index in [1.54, 1.807) is 0 Å². The highest BCUT2D eigenvalue weighted by atomic mass is 15.3. The Morgan fingerprint density at radius 2 is 1.89 bits per heavy atom. The Morgan fingerprint density at radius 1 is 1.17 bits per heavy atom. The monoisotopic (exact) mass is 241 g/mol. The van der Waals surface area contributed by atoms with Crippen LogP contribution in [-0.2, 0) is 0 Å². The molecule has 0 radical (unpaired) electrons. The number of hydrogen-bond donors (Lipinski definition) is 0. The molecule has 1 aromatic carbocycles. The summed E-state index contributed by atoms with van der Waals surface area (Å²) in [6.45, 7) is 6.47. The summed E-state index contributed by atoms with van der Waals surface area (Å²) in [6.07, 6.45) is 2.77. The van der Waals surface area contributed by atoms with Gasteiger partial charge in [0.25, 0.3) is 0 Å². The standard InChI is InChI=1S/C15H19N3/c1-12-2-3-13(11-16)15(10-12)18-8-6-17(7-9-18)14-4-5-14/h2-3,10,14H,4-9H2,1H3. The van der Waals surface area contributed by atoms with Crippen molar-refractivity contribution < 1.29 is 0 Å². The van der Waals surface area contributed by atoms with E-state index in [4.69, 9.17) is 0 Å². The molecule has 0 spiro atoms. The molecule has 1 saturated carbocycles. The first-order valence-electron chi connectivity index (χ1n) is 6.77. The van der Waals surface area contributed by atoms with Gasteiger partial charge in [0, 0.05) is 32.2 Å². The van der Waals surface area contributed by atoms with Crippen LogP contribution in [0.5, 0.6) is 0 Å². The van der Waals surface area contributed by atoms with Crippen molar-refractivity contribution in [2.45, 2.75) is 25.8 Å². The third-order valence-electron chi connectivity index (χ3n) is 3.99. The molecule has 94 valence electrons. The summed E-state index contributed by atoms with van der Waals surface area (Å²) in [7, 11) is 0. The quantitative estimate of drug-likeness (QED) is 0.795. The summed E-state index contributed by atoms with van der Waals surface area (Å²) in [5.41, 5.74) is 3.15. The van der Waals surface area contributed by atoms with Gasteiger partial charge in [-0.3, -0.25) is 4.90 Å². The molecule has 0 bridgehead atoms. The lowest BCUT2D eigenvalue weighted by molar-refractivity contribution is 0.248. The van der Waals surface area contributed by atoms with Crippen LogP contribution in [-0.4, -0.2) is 37.1 Å². The van der Waals surface area contributed by atoms with Crippen molar-refractivity contribution in [2.75, 3.05) is 31.1 Å². The fourth-order valence-electron chi connectivity index (χ4n) is 2.77. The minimum absolute atomic E-state index is 0.806. The molecule has 1 aliphatic heterocycles. The van der Waals surface area contributed by atoms with Gasteiger partial charge in [-0.2, -0.15) is 5.26 Å². The van der Waals surface area contributed by atoms with Gasteiger partial charge in [-0.25, -0.2) is 0 Å². The third-order valence-corrected chi connectivity index (χ3v) is 3.99. The van der Waals surface area contributed by atoms with Crippen molar-refractivity contribution >= 4 is 5.69 Å². The van der Waals surface area contributed by atoms with Crippen LogP contribution < -0.4 is 4.90 Å². The zero-order valence-electron chi connectivity index (χ0n) is 10.9. The van der Waals surface area contributed by atoms with Crippen LogP contribution in [0.25, 0.3) is 0 Å². The van der Waals surface area contributed by atoms with Crippen molar-refractivity contribution in [3.63, 3.8) is 0 Å². The second kappa shape index (κ2) is 4.62. The topological polar surface area (TPSA) is 30.3 Å². The van der Waals surface area contributed by atoms with E-state index in [0.29, 0.717) is 0 Å². The summed E-state index contributed by atoms with van der Waals surface area (Å²) in [6, 6.07) is 9.28. The van der Waals surface area contributed by atoms with E-state index in [0.717, 1.165) is 43.5 Å². The number of nitriles is 1. The van der Waals surface area contributed by atoms with Crippen LogP contribution in [0.4, 0.5) is 5.69 Å². The van der Waals surface area contributed by atoms with Crippen LogP contribution in [0.1, 0.15) is 24.0 Å². The molecule has 2 fully saturated rings. The van der Waals surface area contributed by atoms with Crippen LogP contribution in [0.15, 0.2) is 18.2 Å². The maximum Gasteiger partial charge on any atom is 0.101 e. The van der Waals surface area contributed by atoms with Gasteiger partial charge in [-0.15, -0.1) is 0 Å². The Balaban J connectivity index is 1.75. The molecule has 0 unspecified atom stereocenters. The summed E-state index contributed by atoms with van der Waals surface area (Å²) < 4.78 is 0. The largest absolute Gasteiger partial charge is 0.368 e. The molecule has 1 aromatic rings. The van der Waals surface area contributed by atoms with Gasteiger partial charge >= 0.3 is 0 Å². The lowest BCUT2D eigenvalue weighted by Crippen LogP contribution is -2.47. The fourth-order valence-corrected chi connectivity index (χ4v) is 2.77. The van der Waals surface area contributed by atoms with Crippen LogP contribution in [0.2, 0.25) is 0 Å². The second-order valence-corrected chi connectivity index (χ2v) is 5.39. The molecule has 1 aliphatic carbocycles. The highest BCUT2D eigenvalue weighted by Gasteiger charge is 2.31. The number of benzene rings is 1. The van der Waals surface area contributed by atoms with Gasteiger partial charge in [-0.1, -0.05) is 6.07 Å². The molecule has 2 aliphatic rings. The summed E-state index contributed by atoms with van der Waals surface area (Å²) in [5, 5.41) is 9.20. The molecule has 0 aromatic heterocycles. The average molecular weight is 241 g/mol. The van der Waals surface area contributed by atoms with Gasteiger partial charge in [0.05, 0.1) is 11.3 Å². The van der Waals surface area contributed by atoms with Crippen molar-refractivity contribution in [3.8, 4) is 6.07 Å². The smallest absolute Gasteiger partial charge is 0.101 e. The minimum Gasteiger partial charge on any atom is -0.368 e. The highest BCUT2D eigenvalue weighted by Crippen LogP contribution is 2.29. The van der Waals surface area contributed by atoms with Crippen molar-refractivity contribution in [3.05, 3.63) is 29.3 Å². The molecule has 3 rings (SSSR count). The zero-order chi connectivity index (χ0) is 12.5. The van der Waals surface area contributed by atoms with Gasteiger partial charge in [0.15, 0.2) is 0 Å². The van der Waals surface area contributed by atoms with Crippen molar-refractivity contribution in [1.82, 2.24) is 4.90 Å². The van der Waals surface area contributed by atoms with E-state index < -0.39 is 0 Å². The first-order chi connectivity index (χ1) is 8.78. The van der Waals surface area contributed by atoms with E-state index in [1.165, 1.54) is 18.4 Å². The molecule has 18 heavy (non-hydrogen) atoms. The lowest BCUT2D eigenvalue weighted by Gasteiger charge is -2.36. The summed E-state index contributed by atoms with van der Waals surface area (Å²) in [4.78, 5) is 4.96. The Morgan fingerprint density at radius 3 is 2.50 bits per heavy atom. The van der Waals surface area contributed by atoms with Crippen LogP contribution in [0.3, 0.4) is 0 Å². The molecular weight excluding hydrogens is 222 g/mol. The molecule has 3 heteroatoms. The molecule has 1 heterocycles. The zero-order valence-corrected chi connectivity index (χ0v) is 10.9. The van der Waals surface area contributed by atoms with Gasteiger partial charge < -0.3 is 4.90 Å². The van der Waals surface area contributed by atoms with E-state index >= 15 is 0 Å². The number of aryl methyl sites for hydroxylation is 1. The van der Waals surface area contributed by atoms with Gasteiger partial charge in [0.1, 0.15) is 6.07 Å². The SMILES string of the molecule is Cc1ccc(C#N)c(N2CCN(C3CC3)CC2)c1. The predicted octanol–water partition coefficient (Wildman–Crippen LogP) is 2.15. The average Bonchev–Trinajstić information content (AvgIpc) is 3.23. The Bertz CT molecular complexity index is 477. The molecule has 1 saturated heterocycles. The number of rotatable bonds is 2. The highest BCUT2D eigenvalue weighted by molar-refractivity contribution is 5.61. The lowest BCUT2D eigenvalue weighted by atomic mass is 10.1. The fraction of sp³-hybridized carbons (Fsp3) is 0.533. The second-order valence-electron chi connectivity index (χ2n) is 5.39. The summed E-state index contributed by atoms with van der Waals surface area (Å²) >= 11 is 0. The number of piperazine rings is 1. The first-order valence-corrected chi connectivity index (χ1v) is 6.77. The van der Waals surface area contributed by atoms with E-state index in [-0.39, 0.29) is 0 Å². The van der Waals surface area contributed by atoms with E-state index in [2.05, 4.69) is 28.9 Å². The number of nitrogens with zero attached hydrogens (tertiary/aromatic N) is 3. The maximum absolute atomic E-state index is 9.20. The van der Waals surface area contributed by atoms with Crippen molar-refractivity contribution in [1.29, 1.82) is 5.26 Å². The Kier molecular flexibility index (Phi) is 2.97. The van der Waals surface area contributed by atoms with Gasteiger partial charge in [-0.05, 0) is 37.5 Å². The summed E-state index contributed by atoms with van der Waals surface area (Å²) in [5.74, 6) is 0. The molecule has 0 N–H and O–H groups in total. The number of hydrogen-bond acceptors (Lipinski definition) is 3. The molecule has 3 nitrogen and oxygen atoms in total. The van der Waals surface area contributed by atoms with Gasteiger partial charge in [0.2, 0.25) is 0 Å². The molecule has 0 amide bonds. The van der Waals surface area contributed by atoms with E-state index in [9.17, 15) is 5.26 Å². The minimum atomic E-state index is 0.806. The predicted molar refractivity (Wildman–Crippen MR) is 72.7 cm³/mol. The normalized spacial score (nSPS) is 20.8. The molecule has 0 atom stereocenters. The van der Waals surface area contributed by atoms with Crippen LogP contribution >= 0.6 is 0 Å². The third kappa shape index (κ3) is 2.21. The Labute approximate surface area is 109 Å². The van der Waals surface area contributed by atoms with Crippen LogP contribution in [0, 0.1) is 18.3 Å². The maximum atomic E-state index is 9.20. The van der Waals surface area contributed by atoms with Crippen molar-refractivity contribution in [2.24, 2.45) is 0 Å².